The van der Waals surface area contributed by atoms with Gasteiger partial charge in [0.05, 0.1) is 16.4 Å². The molecule has 1 unspecified atom stereocenters. The van der Waals surface area contributed by atoms with Crippen LogP contribution in [0.25, 0.3) is 0 Å². The van der Waals surface area contributed by atoms with Crippen LogP contribution in [-0.2, 0) is 4.79 Å². The van der Waals surface area contributed by atoms with Crippen LogP contribution in [0.15, 0.2) is 48.5 Å². The second-order valence-corrected chi connectivity index (χ2v) is 8.02. The number of alkyl halides is 3. The van der Waals surface area contributed by atoms with E-state index in [4.69, 9.17) is 11.6 Å². The number of halogens is 4. The Hall–Kier alpha value is -3.53. The van der Waals surface area contributed by atoms with E-state index in [1.54, 1.807) is 23.7 Å². The Bertz CT molecular complexity index is 1190. The minimum absolute atomic E-state index is 0.00768. The molecule has 3 aromatic rings. The smallest absolute Gasteiger partial charge is 0.422 e. The van der Waals surface area contributed by atoms with Gasteiger partial charge in [0.15, 0.2) is 6.61 Å². The van der Waals surface area contributed by atoms with Crippen molar-refractivity contribution in [1.29, 1.82) is 0 Å². The molecule has 0 spiro atoms. The molecule has 11 heteroatoms. The second kappa shape index (κ2) is 10.2. The van der Waals surface area contributed by atoms with Crippen molar-refractivity contribution in [2.45, 2.75) is 33.0 Å². The molecule has 0 fully saturated rings. The third-order valence-corrected chi connectivity index (χ3v) is 5.11. The number of hydrogen-bond donors (Lipinski definition) is 2. The number of benzene rings is 2. The number of carbonyl (C=O) groups is 2. The van der Waals surface area contributed by atoms with E-state index in [1.807, 2.05) is 19.9 Å². The molecule has 2 amide bonds. The number of hydrogen-bond acceptors (Lipinski definition) is 4. The molecule has 1 atom stereocenters. The lowest BCUT2D eigenvalue weighted by Gasteiger charge is -2.16. The first-order chi connectivity index (χ1) is 15.9. The molecular weight excluding hydrogens is 473 g/mol. The fourth-order valence-electron chi connectivity index (χ4n) is 3.15. The van der Waals surface area contributed by atoms with Gasteiger partial charge in [-0.3, -0.25) is 14.3 Å². The molecule has 3 rings (SSSR count). The van der Waals surface area contributed by atoms with Gasteiger partial charge in [-0.05, 0) is 69.3 Å². The molecule has 0 saturated heterocycles. The Kier molecular flexibility index (Phi) is 7.51. The molecule has 0 aliphatic heterocycles. The summed E-state index contributed by atoms with van der Waals surface area (Å²) in [4.78, 5) is 25.1. The van der Waals surface area contributed by atoms with Crippen molar-refractivity contribution in [2.75, 3.05) is 17.2 Å². The third-order valence-electron chi connectivity index (χ3n) is 4.79. The molecule has 0 bridgehead atoms. The monoisotopic (exact) mass is 494 g/mol. The van der Waals surface area contributed by atoms with E-state index in [0.29, 0.717) is 11.4 Å². The Morgan fingerprint density at radius 2 is 1.76 bits per heavy atom. The molecule has 34 heavy (non-hydrogen) atoms. The average Bonchev–Trinajstić information content (AvgIpc) is 3.11. The molecule has 1 heterocycles. The van der Waals surface area contributed by atoms with Crippen LogP contribution in [0.1, 0.15) is 34.7 Å². The topological polar surface area (TPSA) is 85.2 Å². The van der Waals surface area contributed by atoms with Gasteiger partial charge in [-0.15, -0.1) is 0 Å². The normalized spacial score (nSPS) is 12.2. The quantitative estimate of drug-likeness (QED) is 0.451. The highest BCUT2D eigenvalue weighted by molar-refractivity contribution is 6.34. The van der Waals surface area contributed by atoms with E-state index in [-0.39, 0.29) is 22.2 Å². The average molecular weight is 495 g/mol. The zero-order valence-corrected chi connectivity index (χ0v) is 19.3. The van der Waals surface area contributed by atoms with Crippen molar-refractivity contribution in [1.82, 2.24) is 9.78 Å². The van der Waals surface area contributed by atoms with Gasteiger partial charge in [0.2, 0.25) is 5.91 Å². The molecule has 2 aromatic carbocycles. The standard InChI is InChI=1S/C23H22ClF3N4O3/c1-13-10-14(2)31(30-13)15(3)21(32)29-20-9-6-17(11-19(20)24)28-22(33)16-4-7-18(8-5-16)34-12-23(25,26)27/h4-11,15H,12H2,1-3H3,(H,28,33)(H,29,32). The highest BCUT2D eigenvalue weighted by atomic mass is 35.5. The van der Waals surface area contributed by atoms with Gasteiger partial charge in [-0.1, -0.05) is 11.6 Å². The van der Waals surface area contributed by atoms with Crippen LogP contribution >= 0.6 is 11.6 Å². The maximum Gasteiger partial charge on any atom is 0.422 e. The van der Waals surface area contributed by atoms with E-state index in [0.717, 1.165) is 11.4 Å². The lowest BCUT2D eigenvalue weighted by molar-refractivity contribution is -0.153. The number of aromatic nitrogens is 2. The molecule has 180 valence electrons. The Morgan fingerprint density at radius 1 is 1.09 bits per heavy atom. The number of carbonyl (C=O) groups excluding carboxylic acids is 2. The number of aryl methyl sites for hydroxylation is 2. The van der Waals surface area contributed by atoms with Crippen LogP contribution in [0, 0.1) is 13.8 Å². The van der Waals surface area contributed by atoms with Crippen molar-refractivity contribution < 1.29 is 27.5 Å². The second-order valence-electron chi connectivity index (χ2n) is 7.61. The van der Waals surface area contributed by atoms with Crippen LogP contribution in [0.3, 0.4) is 0 Å². The SMILES string of the molecule is Cc1cc(C)n(C(C)C(=O)Nc2ccc(NC(=O)c3ccc(OCC(F)(F)F)cc3)cc2Cl)n1. The van der Waals surface area contributed by atoms with Gasteiger partial charge in [-0.2, -0.15) is 18.3 Å². The first kappa shape index (κ1) is 25.1. The highest BCUT2D eigenvalue weighted by Crippen LogP contribution is 2.27. The lowest BCUT2D eigenvalue weighted by Crippen LogP contribution is -2.25. The molecular formula is C23H22ClF3N4O3. The largest absolute Gasteiger partial charge is 0.484 e. The first-order valence-corrected chi connectivity index (χ1v) is 10.5. The van der Waals surface area contributed by atoms with Gasteiger partial charge in [0.1, 0.15) is 11.8 Å². The molecule has 0 radical (unpaired) electrons. The molecule has 1 aromatic heterocycles. The summed E-state index contributed by atoms with van der Waals surface area (Å²) >= 11 is 6.28. The van der Waals surface area contributed by atoms with Gasteiger partial charge < -0.3 is 15.4 Å². The summed E-state index contributed by atoms with van der Waals surface area (Å²) in [5.74, 6) is -0.808. The molecule has 0 aliphatic rings. The minimum Gasteiger partial charge on any atom is -0.484 e. The Balaban J connectivity index is 1.62. The lowest BCUT2D eigenvalue weighted by atomic mass is 10.2. The van der Waals surface area contributed by atoms with Crippen molar-refractivity contribution in [2.24, 2.45) is 0 Å². The molecule has 0 saturated carbocycles. The Labute approximate surface area is 198 Å². The predicted molar refractivity (Wildman–Crippen MR) is 122 cm³/mol. The van der Waals surface area contributed by atoms with E-state index >= 15 is 0 Å². The number of nitrogens with zero attached hydrogens (tertiary/aromatic N) is 2. The summed E-state index contributed by atoms with van der Waals surface area (Å²) < 4.78 is 42.9. The summed E-state index contributed by atoms with van der Waals surface area (Å²) in [6.45, 7) is 4.00. The van der Waals surface area contributed by atoms with Gasteiger partial charge in [-0.25, -0.2) is 0 Å². The van der Waals surface area contributed by atoms with Crippen molar-refractivity contribution >= 4 is 34.8 Å². The number of ether oxygens (including phenoxy) is 1. The number of amides is 2. The van der Waals surface area contributed by atoms with Gasteiger partial charge in [0, 0.05) is 16.9 Å². The fraction of sp³-hybridized carbons (Fsp3) is 0.261. The molecule has 0 aliphatic carbocycles. The van der Waals surface area contributed by atoms with Crippen LogP contribution in [0.4, 0.5) is 24.5 Å². The minimum atomic E-state index is -4.45. The first-order valence-electron chi connectivity index (χ1n) is 10.2. The van der Waals surface area contributed by atoms with Crippen LogP contribution in [0.5, 0.6) is 5.75 Å². The van der Waals surface area contributed by atoms with Crippen molar-refractivity contribution in [3.05, 3.63) is 70.5 Å². The zero-order valence-electron chi connectivity index (χ0n) is 18.5. The maximum atomic E-state index is 12.6. The number of anilines is 2. The van der Waals surface area contributed by atoms with Gasteiger partial charge in [0.25, 0.3) is 5.91 Å². The van der Waals surface area contributed by atoms with E-state index in [1.165, 1.54) is 30.3 Å². The summed E-state index contributed by atoms with van der Waals surface area (Å²) in [6.07, 6.45) is -4.45. The van der Waals surface area contributed by atoms with E-state index in [9.17, 15) is 22.8 Å². The molecule has 2 N–H and O–H groups in total. The summed E-state index contributed by atoms with van der Waals surface area (Å²) in [5, 5.41) is 9.92. The maximum absolute atomic E-state index is 12.6. The van der Waals surface area contributed by atoms with E-state index in [2.05, 4.69) is 20.5 Å². The zero-order chi connectivity index (χ0) is 25.0. The van der Waals surface area contributed by atoms with Crippen LogP contribution < -0.4 is 15.4 Å². The predicted octanol–water partition coefficient (Wildman–Crippen LogP) is 5.55. The van der Waals surface area contributed by atoms with Crippen molar-refractivity contribution in [3.63, 3.8) is 0 Å². The number of nitrogens with one attached hydrogen (secondary N) is 2. The summed E-state index contributed by atoms with van der Waals surface area (Å²) in [6, 6.07) is 11.1. The van der Waals surface area contributed by atoms with E-state index < -0.39 is 24.7 Å². The van der Waals surface area contributed by atoms with Gasteiger partial charge >= 0.3 is 6.18 Å². The summed E-state index contributed by atoms with van der Waals surface area (Å²) in [5.41, 5.74) is 2.61. The molecule has 7 nitrogen and oxygen atoms in total. The summed E-state index contributed by atoms with van der Waals surface area (Å²) in [7, 11) is 0. The Morgan fingerprint density at radius 3 is 2.32 bits per heavy atom. The van der Waals surface area contributed by atoms with Crippen molar-refractivity contribution in [3.8, 4) is 5.75 Å². The third kappa shape index (κ3) is 6.50. The fourth-order valence-corrected chi connectivity index (χ4v) is 3.38. The van der Waals surface area contributed by atoms with Crippen LogP contribution in [-0.4, -0.2) is 34.4 Å². The van der Waals surface area contributed by atoms with Crippen LogP contribution in [0.2, 0.25) is 5.02 Å². The number of rotatable bonds is 7. The highest BCUT2D eigenvalue weighted by Gasteiger charge is 2.28.